The summed E-state index contributed by atoms with van der Waals surface area (Å²) in [6, 6.07) is 47.2. The molecular weight excluding hydrogens is 1560 g/mol. The van der Waals surface area contributed by atoms with Crippen LogP contribution in [0.4, 0.5) is 15.8 Å². The van der Waals surface area contributed by atoms with Crippen LogP contribution < -0.4 is 47.9 Å². The molecule has 8 aromatic carbocycles. The van der Waals surface area contributed by atoms with Crippen molar-refractivity contribution in [1.29, 1.82) is 0 Å². The molecule has 28 heteroatoms. The Morgan fingerprint density at radius 2 is 0.858 bits per heavy atom. The largest absolute Gasteiger partial charge is 0.497 e. The number of benzene rings is 8. The maximum Gasteiger partial charge on any atom is 0.266 e. The molecule has 0 aliphatic carbocycles. The van der Waals surface area contributed by atoms with Crippen molar-refractivity contribution >= 4 is 78.2 Å². The van der Waals surface area contributed by atoms with E-state index in [0.717, 1.165) is 147 Å². The summed E-state index contributed by atoms with van der Waals surface area (Å²) in [6.45, 7) is 28.2. The number of rotatable bonds is 17. The molecule has 4 aromatic heterocycles. The van der Waals surface area contributed by atoms with Crippen molar-refractivity contribution in [2.45, 2.75) is 86.0 Å². The Labute approximate surface area is 710 Å². The minimum atomic E-state index is -0.522. The number of hydrogen-bond acceptors (Lipinski definition) is 21. The molecule has 0 saturated carbocycles. The number of aromatic nitrogens is 8. The van der Waals surface area contributed by atoms with Crippen LogP contribution in [0.15, 0.2) is 177 Å². The summed E-state index contributed by atoms with van der Waals surface area (Å²) in [5.41, 5.74) is 19.1. The minimum absolute atomic E-state index is 0.0419. The van der Waals surface area contributed by atoms with Crippen LogP contribution in [0.5, 0.6) is 17.2 Å². The second-order valence-corrected chi connectivity index (χ2v) is 32.4. The van der Waals surface area contributed by atoms with Crippen LogP contribution in [0.1, 0.15) is 86.9 Å². The van der Waals surface area contributed by atoms with E-state index in [1.165, 1.54) is 10.6 Å². The van der Waals surface area contributed by atoms with E-state index in [0.29, 0.717) is 145 Å². The molecular formula is C92H111Cl2FN18O7. The van der Waals surface area contributed by atoms with Crippen molar-refractivity contribution in [3.63, 3.8) is 0 Å². The van der Waals surface area contributed by atoms with Crippen LogP contribution in [0, 0.1) is 19.7 Å². The van der Waals surface area contributed by atoms with E-state index in [9.17, 15) is 23.6 Å². The number of ether oxygens (including phenoxy) is 3. The van der Waals surface area contributed by atoms with Gasteiger partial charge in [-0.15, -0.1) is 0 Å². The van der Waals surface area contributed by atoms with Gasteiger partial charge >= 0.3 is 0 Å². The Kier molecular flexibility index (Phi) is 29.3. The van der Waals surface area contributed by atoms with Crippen LogP contribution in [0.3, 0.4) is 0 Å². The van der Waals surface area contributed by atoms with Crippen LogP contribution >= 0.6 is 23.2 Å². The Hall–Kier alpha value is -10.5. The fourth-order valence-electron chi connectivity index (χ4n) is 16.1. The third-order valence-electron chi connectivity index (χ3n) is 22.6. The first-order chi connectivity index (χ1) is 57.9. The van der Waals surface area contributed by atoms with Gasteiger partial charge in [-0.05, 0) is 255 Å². The SMILES string of the molecule is CCOc1cc(C)ccc1-n1c(CN2CCCN(C)CC2)nc2cc(N)ccc2c1=O.CCOc1ccccc1-n1c(C(C)N2CCCN(C)CC2)nc2cc(N)ccc2c1=O.COc1ccc(-n2c(CN3CCCN(C)CC3)nc3ccccc3c2=O)c(Cl)c1.Cc1cc(F)c(-n2c(CN3CCCN(C)CC3)nc3ccccc3c2=O)c(Cl)c1. The topological polar surface area (TPSA) is 245 Å². The Balaban J connectivity index is 0.000000138. The lowest BCUT2D eigenvalue weighted by Crippen LogP contribution is -2.35. The Morgan fingerprint density at radius 1 is 0.417 bits per heavy atom. The van der Waals surface area contributed by atoms with Gasteiger partial charge in [0, 0.05) is 76.3 Å². The highest BCUT2D eigenvalue weighted by Crippen LogP contribution is 2.33. The van der Waals surface area contributed by atoms with Gasteiger partial charge in [0.2, 0.25) is 0 Å². The molecule has 632 valence electrons. The maximum atomic E-state index is 15.0. The van der Waals surface area contributed by atoms with Crippen LogP contribution in [-0.4, -0.2) is 231 Å². The van der Waals surface area contributed by atoms with Gasteiger partial charge in [-0.2, -0.15) is 0 Å². The average Bonchev–Trinajstić information content (AvgIpc) is 0.795. The van der Waals surface area contributed by atoms with Crippen molar-refractivity contribution in [1.82, 2.24) is 77.4 Å². The first-order valence-corrected chi connectivity index (χ1v) is 42.3. The number of nitrogens with two attached hydrogens (primary N) is 2. The molecule has 4 fully saturated rings. The van der Waals surface area contributed by atoms with Gasteiger partial charge < -0.3 is 45.3 Å². The number of halogens is 3. The molecule has 4 saturated heterocycles. The lowest BCUT2D eigenvalue weighted by Gasteiger charge is -2.29. The predicted molar refractivity (Wildman–Crippen MR) is 481 cm³/mol. The summed E-state index contributed by atoms with van der Waals surface area (Å²) in [7, 11) is 10.1. The summed E-state index contributed by atoms with van der Waals surface area (Å²) in [6.07, 6.45) is 4.31. The minimum Gasteiger partial charge on any atom is -0.497 e. The first-order valence-electron chi connectivity index (χ1n) is 41.5. The van der Waals surface area contributed by atoms with Crippen molar-refractivity contribution in [2.75, 3.05) is 165 Å². The number of nitrogens with zero attached hydrogens (tertiary/aromatic N) is 16. The number of hydrogen-bond donors (Lipinski definition) is 2. The summed E-state index contributed by atoms with van der Waals surface area (Å²) < 4.78 is 38.4. The summed E-state index contributed by atoms with van der Waals surface area (Å²) in [4.78, 5) is 92.4. The van der Waals surface area contributed by atoms with Crippen molar-refractivity contribution in [3.8, 4) is 40.0 Å². The number of para-hydroxylation sites is 4. The van der Waals surface area contributed by atoms with E-state index < -0.39 is 5.82 Å². The smallest absolute Gasteiger partial charge is 0.266 e. The fourth-order valence-corrected chi connectivity index (χ4v) is 16.7. The molecule has 4 aliphatic heterocycles. The second kappa shape index (κ2) is 40.3. The fraction of sp³-hybridized carbons (Fsp3) is 0.391. The van der Waals surface area contributed by atoms with E-state index in [-0.39, 0.29) is 39.0 Å². The molecule has 4 N–H and O–H groups in total. The molecule has 16 rings (SSSR count). The first kappa shape index (κ1) is 87.3. The van der Waals surface area contributed by atoms with Gasteiger partial charge in [-0.3, -0.25) is 57.0 Å². The number of aryl methyl sites for hydroxylation is 2. The lowest BCUT2D eigenvalue weighted by atomic mass is 10.1. The van der Waals surface area contributed by atoms with E-state index in [4.69, 9.17) is 68.8 Å². The molecule has 4 aliphatic rings. The number of fused-ring (bicyclic) bond motifs is 4. The van der Waals surface area contributed by atoms with Crippen LogP contribution in [-0.2, 0) is 19.6 Å². The number of anilines is 2. The third kappa shape index (κ3) is 20.7. The third-order valence-corrected chi connectivity index (χ3v) is 23.2. The lowest BCUT2D eigenvalue weighted by molar-refractivity contribution is 0.207. The molecule has 0 bridgehead atoms. The normalized spacial score (nSPS) is 16.3. The highest BCUT2D eigenvalue weighted by atomic mass is 35.5. The second-order valence-electron chi connectivity index (χ2n) is 31.6. The van der Waals surface area contributed by atoms with Crippen LogP contribution in [0.25, 0.3) is 66.4 Å². The van der Waals surface area contributed by atoms with Crippen molar-refractivity contribution in [3.05, 3.63) is 249 Å². The Bertz CT molecular complexity index is 5860. The van der Waals surface area contributed by atoms with Crippen LogP contribution in [0.2, 0.25) is 10.0 Å². The van der Waals surface area contributed by atoms with E-state index in [2.05, 4.69) is 74.3 Å². The average molecular weight is 1670 g/mol. The van der Waals surface area contributed by atoms with Gasteiger partial charge in [0.25, 0.3) is 22.2 Å². The highest BCUT2D eigenvalue weighted by Gasteiger charge is 2.29. The molecule has 120 heavy (non-hydrogen) atoms. The van der Waals surface area contributed by atoms with Crippen molar-refractivity contribution in [2.24, 2.45) is 0 Å². The molecule has 0 spiro atoms. The van der Waals surface area contributed by atoms with Gasteiger partial charge in [0.1, 0.15) is 52.1 Å². The summed E-state index contributed by atoms with van der Waals surface area (Å²) in [5, 5.41) is 2.80. The zero-order valence-electron chi connectivity index (χ0n) is 70.6. The van der Waals surface area contributed by atoms with Gasteiger partial charge in [0.15, 0.2) is 0 Å². The number of methoxy groups -OCH3 is 1. The summed E-state index contributed by atoms with van der Waals surface area (Å²) >= 11 is 12.9. The molecule has 8 heterocycles. The quantitative estimate of drug-likeness (QED) is 0.0805. The monoisotopic (exact) mass is 1670 g/mol. The maximum absolute atomic E-state index is 15.0. The predicted octanol–water partition coefficient (Wildman–Crippen LogP) is 12.7. The molecule has 25 nitrogen and oxygen atoms in total. The van der Waals surface area contributed by atoms with E-state index in [1.54, 1.807) is 88.4 Å². The van der Waals surface area contributed by atoms with Gasteiger partial charge in [-0.1, -0.05) is 65.7 Å². The highest BCUT2D eigenvalue weighted by molar-refractivity contribution is 6.33. The number of nitrogen functional groups attached to an aromatic ring is 2. The molecule has 12 aromatic rings. The molecule has 1 atom stereocenters. The standard InChI is InChI=1S/2C24H31N5O2.C22H24ClFN4O.C22H25ClN4O2/c1-4-31-22-14-17(2)6-9-21(22)29-23(16-28-11-5-10-27(3)12-13-28)26-20-15-18(25)7-8-19(20)24(29)30;1-4-31-22-9-6-5-8-21(22)29-23(17(2)28-13-7-12-27(3)14-15-28)26-20-16-18(25)10-11-19(20)24(29)30;1-15-12-17(23)21(18(24)13-15)28-20(14-27-9-5-8-26(2)10-11-27)25-19-7-4-3-6-16(19)22(28)29;1-25-10-5-11-26(13-12-25)15-21-24-19-7-4-3-6-17(19)22(28)27(21)20-9-8-16(29-2)14-18(20)23/h6-9,14-15H,4-5,10-13,16,25H2,1-3H3;5-6,8-11,16-17H,4,7,12-15,25H2,1-3H3;3-4,6-7,12-13H,5,8-11,14H2,1-2H3;3-4,6-9,14H,5,10-13,15H2,1-2H3. The number of likely N-dealkylation sites (N-methyl/N-ethyl adjacent to an activating group) is 4. The molecule has 0 amide bonds. The van der Waals surface area contributed by atoms with E-state index in [1.807, 2.05) is 112 Å². The van der Waals surface area contributed by atoms with Crippen molar-refractivity contribution < 1.29 is 18.6 Å². The Morgan fingerprint density at radius 3 is 1.39 bits per heavy atom. The molecule has 1 unspecified atom stereocenters. The van der Waals surface area contributed by atoms with Gasteiger partial charge in [0.05, 0.1) is 117 Å². The van der Waals surface area contributed by atoms with Gasteiger partial charge in [-0.25, -0.2) is 24.3 Å². The zero-order chi connectivity index (χ0) is 84.8. The molecule has 0 radical (unpaired) electrons. The van der Waals surface area contributed by atoms with E-state index >= 15 is 0 Å². The zero-order valence-corrected chi connectivity index (χ0v) is 72.1. The summed E-state index contributed by atoms with van der Waals surface area (Å²) in [5.74, 6) is 4.11.